The lowest BCUT2D eigenvalue weighted by molar-refractivity contribution is 0.101. The predicted octanol–water partition coefficient (Wildman–Crippen LogP) is 2.61. The summed E-state index contributed by atoms with van der Waals surface area (Å²) in [5.74, 6) is 0.126. The van der Waals surface area contributed by atoms with Gasteiger partial charge in [0.2, 0.25) is 0 Å². The van der Waals surface area contributed by atoms with Crippen molar-refractivity contribution in [1.82, 2.24) is 14.5 Å². The molecule has 0 aliphatic carbocycles. The topological polar surface area (TPSA) is 83.6 Å². The van der Waals surface area contributed by atoms with E-state index in [9.17, 15) is 4.79 Å². The molecular formula is C17H13N5O. The number of amides is 1. The minimum Gasteiger partial charge on any atom is -0.345 e. The number of nitrogens with zero attached hydrogens (tertiary/aromatic N) is 4. The molecule has 112 valence electrons. The summed E-state index contributed by atoms with van der Waals surface area (Å²) in [5.41, 5.74) is 2.53. The summed E-state index contributed by atoms with van der Waals surface area (Å²) >= 11 is 0. The van der Waals surface area contributed by atoms with Gasteiger partial charge in [0.05, 0.1) is 11.3 Å². The standard InChI is InChI=1S/C17H13N5O/c1-22-11-12(9-18)8-15(22)17(23)21-16-6-5-13(10-20-16)14-4-2-3-7-19-14/h2-8,10-11H,1H3,(H,20,21,23). The molecule has 3 aromatic rings. The van der Waals surface area contributed by atoms with Crippen LogP contribution in [0.15, 0.2) is 55.0 Å². The van der Waals surface area contributed by atoms with E-state index >= 15 is 0 Å². The highest BCUT2D eigenvalue weighted by atomic mass is 16.2. The van der Waals surface area contributed by atoms with E-state index in [4.69, 9.17) is 5.26 Å². The molecule has 6 heteroatoms. The zero-order valence-electron chi connectivity index (χ0n) is 12.4. The Kier molecular flexibility index (Phi) is 3.85. The van der Waals surface area contributed by atoms with Gasteiger partial charge in [0.25, 0.3) is 5.91 Å². The first-order valence-corrected chi connectivity index (χ1v) is 6.92. The van der Waals surface area contributed by atoms with E-state index in [1.54, 1.807) is 36.3 Å². The summed E-state index contributed by atoms with van der Waals surface area (Å²) < 4.78 is 1.61. The van der Waals surface area contributed by atoms with Crippen molar-refractivity contribution in [1.29, 1.82) is 5.26 Å². The maximum atomic E-state index is 12.2. The third-order valence-electron chi connectivity index (χ3n) is 3.33. The van der Waals surface area contributed by atoms with Crippen molar-refractivity contribution in [2.45, 2.75) is 0 Å². The SMILES string of the molecule is Cn1cc(C#N)cc1C(=O)Nc1ccc(-c2ccccn2)cn1. The average Bonchev–Trinajstić information content (AvgIpc) is 2.97. The van der Waals surface area contributed by atoms with Crippen LogP contribution in [0, 0.1) is 11.3 Å². The maximum absolute atomic E-state index is 12.2. The van der Waals surface area contributed by atoms with Gasteiger partial charge in [-0.3, -0.25) is 9.78 Å². The minimum absolute atomic E-state index is 0.313. The first-order valence-electron chi connectivity index (χ1n) is 6.92. The number of aryl methyl sites for hydroxylation is 1. The number of hydrogen-bond donors (Lipinski definition) is 1. The molecule has 0 unspecified atom stereocenters. The van der Waals surface area contributed by atoms with Gasteiger partial charge in [0, 0.05) is 31.2 Å². The van der Waals surface area contributed by atoms with Crippen LogP contribution in [0.2, 0.25) is 0 Å². The summed E-state index contributed by atoms with van der Waals surface area (Å²) in [6.45, 7) is 0. The Balaban J connectivity index is 1.77. The maximum Gasteiger partial charge on any atom is 0.273 e. The molecule has 0 saturated heterocycles. The molecular weight excluding hydrogens is 290 g/mol. The molecule has 3 heterocycles. The molecule has 3 rings (SSSR count). The molecule has 1 N–H and O–H groups in total. The molecule has 0 aromatic carbocycles. The zero-order valence-corrected chi connectivity index (χ0v) is 12.4. The normalized spacial score (nSPS) is 10.1. The van der Waals surface area contributed by atoms with Gasteiger partial charge in [-0.2, -0.15) is 5.26 Å². The van der Waals surface area contributed by atoms with Gasteiger partial charge in [-0.1, -0.05) is 6.07 Å². The average molecular weight is 303 g/mol. The molecule has 0 bridgehead atoms. The van der Waals surface area contributed by atoms with Gasteiger partial charge in [-0.25, -0.2) is 4.98 Å². The third-order valence-corrected chi connectivity index (χ3v) is 3.33. The lowest BCUT2D eigenvalue weighted by atomic mass is 10.2. The van der Waals surface area contributed by atoms with Crippen molar-refractivity contribution in [3.8, 4) is 17.3 Å². The number of rotatable bonds is 3. The number of nitrogens with one attached hydrogen (secondary N) is 1. The molecule has 0 fully saturated rings. The van der Waals surface area contributed by atoms with E-state index in [1.807, 2.05) is 30.3 Å². The zero-order chi connectivity index (χ0) is 16.2. The monoisotopic (exact) mass is 303 g/mol. The number of carbonyl (C=O) groups is 1. The van der Waals surface area contributed by atoms with Crippen molar-refractivity contribution in [2.24, 2.45) is 7.05 Å². The third kappa shape index (κ3) is 3.09. The molecule has 0 spiro atoms. The van der Waals surface area contributed by atoms with Crippen molar-refractivity contribution in [3.05, 3.63) is 66.2 Å². The van der Waals surface area contributed by atoms with Crippen LogP contribution in [0.25, 0.3) is 11.3 Å². The Hall–Kier alpha value is -3.46. The molecule has 6 nitrogen and oxygen atoms in total. The van der Waals surface area contributed by atoms with E-state index in [1.165, 1.54) is 6.07 Å². The summed E-state index contributed by atoms with van der Waals surface area (Å²) in [5, 5.41) is 11.6. The first-order chi connectivity index (χ1) is 11.2. The molecule has 0 radical (unpaired) electrons. The highest BCUT2D eigenvalue weighted by Gasteiger charge is 2.12. The Morgan fingerprint density at radius 1 is 1.26 bits per heavy atom. The predicted molar refractivity (Wildman–Crippen MR) is 85.5 cm³/mol. The van der Waals surface area contributed by atoms with Crippen LogP contribution in [0.5, 0.6) is 0 Å². The molecule has 1 amide bonds. The minimum atomic E-state index is -0.313. The van der Waals surface area contributed by atoms with Crippen molar-refractivity contribution in [3.63, 3.8) is 0 Å². The first kappa shape index (κ1) is 14.5. The van der Waals surface area contributed by atoms with Crippen molar-refractivity contribution in [2.75, 3.05) is 5.32 Å². The molecule has 3 aromatic heterocycles. The molecule has 0 aliphatic heterocycles. The van der Waals surface area contributed by atoms with E-state index in [0.717, 1.165) is 11.3 Å². The van der Waals surface area contributed by atoms with E-state index < -0.39 is 0 Å². The van der Waals surface area contributed by atoms with Crippen LogP contribution < -0.4 is 5.32 Å². The van der Waals surface area contributed by atoms with Gasteiger partial charge in [-0.05, 0) is 30.3 Å². The summed E-state index contributed by atoms with van der Waals surface area (Å²) in [7, 11) is 1.72. The van der Waals surface area contributed by atoms with Crippen molar-refractivity contribution >= 4 is 11.7 Å². The second-order valence-electron chi connectivity index (χ2n) is 4.94. The summed E-state index contributed by atoms with van der Waals surface area (Å²) in [6, 6.07) is 12.8. The Labute approximate surface area is 133 Å². The fraction of sp³-hybridized carbons (Fsp3) is 0.0588. The smallest absolute Gasteiger partial charge is 0.273 e. The molecule has 23 heavy (non-hydrogen) atoms. The molecule has 0 atom stereocenters. The Morgan fingerprint density at radius 2 is 2.13 bits per heavy atom. The molecule has 0 saturated carbocycles. The van der Waals surface area contributed by atoms with Crippen LogP contribution in [0.3, 0.4) is 0 Å². The quantitative estimate of drug-likeness (QED) is 0.806. The van der Waals surface area contributed by atoms with Gasteiger partial charge < -0.3 is 9.88 Å². The highest BCUT2D eigenvalue weighted by molar-refractivity contribution is 6.03. The highest BCUT2D eigenvalue weighted by Crippen LogP contribution is 2.17. The van der Waals surface area contributed by atoms with Gasteiger partial charge >= 0.3 is 0 Å². The second kappa shape index (κ2) is 6.12. The van der Waals surface area contributed by atoms with E-state index in [-0.39, 0.29) is 5.91 Å². The Bertz CT molecular complexity index is 876. The van der Waals surface area contributed by atoms with E-state index in [2.05, 4.69) is 15.3 Å². The van der Waals surface area contributed by atoms with Gasteiger partial charge in [0.15, 0.2) is 0 Å². The Morgan fingerprint density at radius 3 is 2.74 bits per heavy atom. The lowest BCUT2D eigenvalue weighted by Crippen LogP contribution is -2.16. The van der Waals surface area contributed by atoms with Crippen molar-refractivity contribution < 1.29 is 4.79 Å². The largest absolute Gasteiger partial charge is 0.345 e. The number of nitriles is 1. The number of pyridine rings is 2. The number of hydrogen-bond acceptors (Lipinski definition) is 4. The van der Waals surface area contributed by atoms with Crippen LogP contribution >= 0.6 is 0 Å². The second-order valence-corrected chi connectivity index (χ2v) is 4.94. The van der Waals surface area contributed by atoms with Gasteiger partial charge in [0.1, 0.15) is 17.6 Å². The van der Waals surface area contributed by atoms with E-state index in [0.29, 0.717) is 17.1 Å². The van der Waals surface area contributed by atoms with Crippen LogP contribution in [-0.2, 0) is 7.05 Å². The number of aromatic nitrogens is 3. The number of anilines is 1. The van der Waals surface area contributed by atoms with Gasteiger partial charge in [-0.15, -0.1) is 0 Å². The fourth-order valence-electron chi connectivity index (χ4n) is 2.18. The van der Waals surface area contributed by atoms with Crippen LogP contribution in [-0.4, -0.2) is 20.4 Å². The summed E-state index contributed by atoms with van der Waals surface area (Å²) in [4.78, 5) is 20.7. The number of carbonyl (C=O) groups excluding carboxylic acids is 1. The molecule has 0 aliphatic rings. The van der Waals surface area contributed by atoms with Crippen LogP contribution in [0.1, 0.15) is 16.1 Å². The lowest BCUT2D eigenvalue weighted by Gasteiger charge is -2.06. The summed E-state index contributed by atoms with van der Waals surface area (Å²) in [6.07, 6.45) is 4.98. The fourth-order valence-corrected chi connectivity index (χ4v) is 2.18. The van der Waals surface area contributed by atoms with Crippen LogP contribution in [0.4, 0.5) is 5.82 Å².